The first kappa shape index (κ1) is 12.9. The van der Waals surface area contributed by atoms with Gasteiger partial charge in [0.05, 0.1) is 25.7 Å². The minimum absolute atomic E-state index is 0.0715. The molecule has 1 rings (SSSR count). The summed E-state index contributed by atoms with van der Waals surface area (Å²) in [7, 11) is 0. The molecule has 16 heavy (non-hydrogen) atoms. The molecule has 0 aromatic rings. The smallest absolute Gasteiger partial charge is 0.306 e. The highest BCUT2D eigenvalue weighted by atomic mass is 16.5. The van der Waals surface area contributed by atoms with Gasteiger partial charge < -0.3 is 9.47 Å². The van der Waals surface area contributed by atoms with Crippen molar-refractivity contribution >= 4 is 11.8 Å². The van der Waals surface area contributed by atoms with E-state index in [-0.39, 0.29) is 23.8 Å². The van der Waals surface area contributed by atoms with E-state index in [4.69, 9.17) is 9.47 Å². The van der Waals surface area contributed by atoms with Gasteiger partial charge in [-0.25, -0.2) is 0 Å². The monoisotopic (exact) mass is 226 g/mol. The molecule has 0 fully saturated rings. The fraction of sp³-hybridized carbons (Fsp3) is 0.667. The van der Waals surface area contributed by atoms with Gasteiger partial charge in [-0.05, 0) is 13.8 Å². The third kappa shape index (κ3) is 4.57. The maximum absolute atomic E-state index is 11.2. The summed E-state index contributed by atoms with van der Waals surface area (Å²) in [4.78, 5) is 22.1. The Balaban J connectivity index is 2.34. The Morgan fingerprint density at radius 2 is 2.12 bits per heavy atom. The summed E-state index contributed by atoms with van der Waals surface area (Å²) in [5.41, 5.74) is 0. The highest BCUT2D eigenvalue weighted by molar-refractivity contribution is 5.76. The standard InChI is InChI=1S/C12H18O4/c1-3-15-12(14)7-10-4-5-11(16-8-10)6-9(2)13/h4-5,10-11H,3,6-8H2,1-2H3/t10-,11+/m0/s1. The summed E-state index contributed by atoms with van der Waals surface area (Å²) in [6.45, 7) is 4.21. The molecule has 0 unspecified atom stereocenters. The second-order valence-corrected chi connectivity index (χ2v) is 3.93. The summed E-state index contributed by atoms with van der Waals surface area (Å²) >= 11 is 0. The van der Waals surface area contributed by atoms with Crippen molar-refractivity contribution in [3.8, 4) is 0 Å². The molecule has 0 bridgehead atoms. The van der Waals surface area contributed by atoms with Crippen molar-refractivity contribution in [2.75, 3.05) is 13.2 Å². The van der Waals surface area contributed by atoms with Crippen LogP contribution < -0.4 is 0 Å². The van der Waals surface area contributed by atoms with E-state index >= 15 is 0 Å². The second-order valence-electron chi connectivity index (χ2n) is 3.93. The Hall–Kier alpha value is -1.16. The molecule has 0 spiro atoms. The van der Waals surface area contributed by atoms with Gasteiger partial charge in [0.1, 0.15) is 5.78 Å². The van der Waals surface area contributed by atoms with Crippen LogP contribution in [-0.2, 0) is 19.1 Å². The van der Waals surface area contributed by atoms with Gasteiger partial charge in [0, 0.05) is 12.3 Å². The zero-order valence-corrected chi connectivity index (χ0v) is 9.77. The van der Waals surface area contributed by atoms with Crippen LogP contribution in [0.1, 0.15) is 26.7 Å². The van der Waals surface area contributed by atoms with Crippen molar-refractivity contribution < 1.29 is 19.1 Å². The molecule has 0 aromatic carbocycles. The lowest BCUT2D eigenvalue weighted by Gasteiger charge is -2.22. The Morgan fingerprint density at radius 1 is 1.38 bits per heavy atom. The van der Waals surface area contributed by atoms with E-state index in [0.717, 1.165) is 0 Å². The molecule has 1 heterocycles. The van der Waals surface area contributed by atoms with Crippen LogP contribution >= 0.6 is 0 Å². The number of carbonyl (C=O) groups excluding carboxylic acids is 2. The SMILES string of the molecule is CCOC(=O)C[C@@H]1C=C[C@H](CC(C)=O)OC1. The highest BCUT2D eigenvalue weighted by Gasteiger charge is 2.19. The lowest BCUT2D eigenvalue weighted by molar-refractivity contribution is -0.144. The van der Waals surface area contributed by atoms with Crippen molar-refractivity contribution in [1.82, 2.24) is 0 Å². The van der Waals surface area contributed by atoms with Crippen molar-refractivity contribution in [2.45, 2.75) is 32.8 Å². The lowest BCUT2D eigenvalue weighted by atomic mass is 10.0. The first-order valence-electron chi connectivity index (χ1n) is 5.56. The van der Waals surface area contributed by atoms with E-state index in [1.165, 1.54) is 0 Å². The van der Waals surface area contributed by atoms with E-state index in [1.807, 2.05) is 12.2 Å². The van der Waals surface area contributed by atoms with Crippen LogP contribution in [0, 0.1) is 5.92 Å². The van der Waals surface area contributed by atoms with Crippen molar-refractivity contribution in [3.63, 3.8) is 0 Å². The molecule has 4 heteroatoms. The fourth-order valence-corrected chi connectivity index (χ4v) is 1.61. The van der Waals surface area contributed by atoms with Gasteiger partial charge in [-0.1, -0.05) is 12.2 Å². The minimum atomic E-state index is -0.203. The van der Waals surface area contributed by atoms with Gasteiger partial charge in [0.2, 0.25) is 0 Å². The molecule has 1 aliphatic heterocycles. The number of carbonyl (C=O) groups is 2. The number of Topliss-reactive ketones (excluding diaryl/α,β-unsaturated/α-hetero) is 1. The molecule has 0 saturated carbocycles. The average molecular weight is 226 g/mol. The molecule has 90 valence electrons. The first-order valence-corrected chi connectivity index (χ1v) is 5.56. The molecular formula is C12H18O4. The summed E-state index contributed by atoms with van der Waals surface area (Å²) in [6.07, 6.45) is 4.42. The van der Waals surface area contributed by atoms with Crippen LogP contribution in [0.15, 0.2) is 12.2 Å². The van der Waals surface area contributed by atoms with E-state index in [0.29, 0.717) is 26.1 Å². The quantitative estimate of drug-likeness (QED) is 0.526. The Kier molecular flexibility index (Phi) is 5.19. The van der Waals surface area contributed by atoms with Gasteiger partial charge in [-0.15, -0.1) is 0 Å². The molecule has 0 aliphatic carbocycles. The molecule has 1 aliphatic rings. The molecular weight excluding hydrogens is 208 g/mol. The molecule has 0 aromatic heterocycles. The third-order valence-corrected chi connectivity index (χ3v) is 2.35. The van der Waals surface area contributed by atoms with Crippen molar-refractivity contribution in [2.24, 2.45) is 5.92 Å². The maximum atomic E-state index is 11.2. The summed E-state index contributed by atoms with van der Waals surface area (Å²) in [6, 6.07) is 0. The lowest BCUT2D eigenvalue weighted by Crippen LogP contribution is -2.24. The van der Waals surface area contributed by atoms with Gasteiger partial charge in [0.25, 0.3) is 0 Å². The highest BCUT2D eigenvalue weighted by Crippen LogP contribution is 2.17. The number of ether oxygens (including phenoxy) is 2. The summed E-state index contributed by atoms with van der Waals surface area (Å²) < 4.78 is 10.3. The first-order chi connectivity index (χ1) is 7.61. The number of hydrogen-bond donors (Lipinski definition) is 0. The zero-order chi connectivity index (χ0) is 12.0. The number of ketones is 1. The number of rotatable bonds is 5. The largest absolute Gasteiger partial charge is 0.466 e. The number of esters is 1. The fourth-order valence-electron chi connectivity index (χ4n) is 1.61. The van der Waals surface area contributed by atoms with Crippen molar-refractivity contribution in [1.29, 1.82) is 0 Å². The molecule has 2 atom stereocenters. The summed E-state index contributed by atoms with van der Waals surface area (Å²) in [5, 5.41) is 0. The molecule has 0 amide bonds. The van der Waals surface area contributed by atoms with Crippen LogP contribution in [0.25, 0.3) is 0 Å². The Labute approximate surface area is 95.6 Å². The van der Waals surface area contributed by atoms with Crippen LogP contribution in [0.5, 0.6) is 0 Å². The van der Waals surface area contributed by atoms with Gasteiger partial charge in [-0.2, -0.15) is 0 Å². The Bertz CT molecular complexity index is 283. The number of hydrogen-bond acceptors (Lipinski definition) is 4. The van der Waals surface area contributed by atoms with E-state index < -0.39 is 0 Å². The predicted molar refractivity (Wildman–Crippen MR) is 58.9 cm³/mol. The van der Waals surface area contributed by atoms with Gasteiger partial charge >= 0.3 is 5.97 Å². The normalized spacial score (nSPS) is 24.1. The minimum Gasteiger partial charge on any atom is -0.466 e. The molecule has 0 N–H and O–H groups in total. The molecule has 0 saturated heterocycles. The van der Waals surface area contributed by atoms with Crippen molar-refractivity contribution in [3.05, 3.63) is 12.2 Å². The topological polar surface area (TPSA) is 52.6 Å². The van der Waals surface area contributed by atoms with Crippen LogP contribution in [0.3, 0.4) is 0 Å². The third-order valence-electron chi connectivity index (χ3n) is 2.35. The zero-order valence-electron chi connectivity index (χ0n) is 9.77. The van der Waals surface area contributed by atoms with Crippen LogP contribution in [0.4, 0.5) is 0 Å². The van der Waals surface area contributed by atoms with Crippen LogP contribution in [-0.4, -0.2) is 31.1 Å². The van der Waals surface area contributed by atoms with Gasteiger partial charge in [0.15, 0.2) is 0 Å². The van der Waals surface area contributed by atoms with E-state index in [2.05, 4.69) is 0 Å². The molecule has 4 nitrogen and oxygen atoms in total. The van der Waals surface area contributed by atoms with E-state index in [9.17, 15) is 9.59 Å². The van der Waals surface area contributed by atoms with Crippen LogP contribution in [0.2, 0.25) is 0 Å². The average Bonchev–Trinajstić information content (AvgIpc) is 2.20. The van der Waals surface area contributed by atoms with Gasteiger partial charge in [-0.3, -0.25) is 9.59 Å². The van der Waals surface area contributed by atoms with E-state index in [1.54, 1.807) is 13.8 Å². The maximum Gasteiger partial charge on any atom is 0.306 e. The predicted octanol–water partition coefficient (Wildman–Crippen LogP) is 1.49. The second kappa shape index (κ2) is 6.43. The summed E-state index contributed by atoms with van der Waals surface area (Å²) in [5.74, 6) is -0.0217. The molecule has 0 radical (unpaired) electrons. The Morgan fingerprint density at radius 3 is 2.62 bits per heavy atom.